The van der Waals surface area contributed by atoms with Gasteiger partial charge in [-0.3, -0.25) is 0 Å². The summed E-state index contributed by atoms with van der Waals surface area (Å²) in [4.78, 5) is 0. The van der Waals surface area contributed by atoms with Gasteiger partial charge >= 0.3 is 0 Å². The largest absolute Gasteiger partial charge is 0.381 e. The van der Waals surface area contributed by atoms with Crippen molar-refractivity contribution in [3.05, 3.63) is 35.4 Å². The molecule has 0 saturated heterocycles. The zero-order valence-corrected chi connectivity index (χ0v) is 12.0. The first kappa shape index (κ1) is 15.2. The predicted octanol–water partition coefficient (Wildman–Crippen LogP) is 3.85. The first-order chi connectivity index (χ1) is 8.74. The lowest BCUT2D eigenvalue weighted by Gasteiger charge is -2.14. The van der Waals surface area contributed by atoms with Crippen LogP contribution in [0.1, 0.15) is 50.3 Å². The molecule has 0 bridgehead atoms. The van der Waals surface area contributed by atoms with Crippen LogP contribution in [0, 0.1) is 6.92 Å². The Morgan fingerprint density at radius 3 is 2.44 bits per heavy atom. The highest BCUT2D eigenvalue weighted by molar-refractivity contribution is 5.23. The Balaban J connectivity index is 2.10. The maximum Gasteiger partial charge on any atom is 0.0478 e. The Labute approximate surface area is 112 Å². The molecule has 102 valence electrons. The molecule has 18 heavy (non-hydrogen) atoms. The van der Waals surface area contributed by atoms with Gasteiger partial charge in [0.25, 0.3) is 0 Å². The van der Waals surface area contributed by atoms with E-state index in [2.05, 4.69) is 50.4 Å². The Kier molecular flexibility index (Phi) is 7.70. The molecular formula is C16H27NO. The fraction of sp³-hybridized carbons (Fsp3) is 0.625. The van der Waals surface area contributed by atoms with Gasteiger partial charge in [-0.25, -0.2) is 0 Å². The summed E-state index contributed by atoms with van der Waals surface area (Å²) in [5, 5.41) is 3.53. The lowest BCUT2D eigenvalue weighted by molar-refractivity contribution is 0.128. The van der Waals surface area contributed by atoms with Crippen LogP contribution in [0.3, 0.4) is 0 Å². The molecule has 0 aliphatic carbocycles. The van der Waals surface area contributed by atoms with E-state index in [0.717, 1.165) is 26.2 Å². The topological polar surface area (TPSA) is 21.3 Å². The lowest BCUT2D eigenvalue weighted by Crippen LogP contribution is -2.21. The van der Waals surface area contributed by atoms with Gasteiger partial charge in [-0.15, -0.1) is 0 Å². The molecule has 0 amide bonds. The van der Waals surface area contributed by atoms with Gasteiger partial charge in [0.15, 0.2) is 0 Å². The van der Waals surface area contributed by atoms with Crippen molar-refractivity contribution in [3.63, 3.8) is 0 Å². The van der Waals surface area contributed by atoms with E-state index >= 15 is 0 Å². The van der Waals surface area contributed by atoms with E-state index in [4.69, 9.17) is 4.74 Å². The van der Waals surface area contributed by atoms with Crippen LogP contribution in [0.4, 0.5) is 0 Å². The first-order valence-corrected chi connectivity index (χ1v) is 7.11. The number of hydrogen-bond acceptors (Lipinski definition) is 2. The molecule has 1 aromatic carbocycles. The second-order valence-corrected chi connectivity index (χ2v) is 4.91. The van der Waals surface area contributed by atoms with Gasteiger partial charge in [0.05, 0.1) is 0 Å². The van der Waals surface area contributed by atoms with Gasteiger partial charge in [0, 0.05) is 19.3 Å². The molecule has 0 saturated carbocycles. The second kappa shape index (κ2) is 9.12. The van der Waals surface area contributed by atoms with E-state index in [1.165, 1.54) is 24.0 Å². The molecule has 0 heterocycles. The van der Waals surface area contributed by atoms with Crippen molar-refractivity contribution >= 4 is 0 Å². The van der Waals surface area contributed by atoms with Crippen molar-refractivity contribution in [2.24, 2.45) is 0 Å². The van der Waals surface area contributed by atoms with Gasteiger partial charge in [-0.2, -0.15) is 0 Å². The van der Waals surface area contributed by atoms with E-state index in [-0.39, 0.29) is 0 Å². The zero-order valence-electron chi connectivity index (χ0n) is 12.0. The quantitative estimate of drug-likeness (QED) is 0.671. The van der Waals surface area contributed by atoms with Crippen LogP contribution < -0.4 is 5.32 Å². The van der Waals surface area contributed by atoms with Crippen molar-refractivity contribution in [2.75, 3.05) is 19.8 Å². The monoisotopic (exact) mass is 249 g/mol. The van der Waals surface area contributed by atoms with Gasteiger partial charge < -0.3 is 10.1 Å². The number of rotatable bonds is 9. The minimum atomic E-state index is 0.418. The minimum Gasteiger partial charge on any atom is -0.381 e. The normalized spacial score (nSPS) is 12.6. The third kappa shape index (κ3) is 6.18. The number of ether oxygens (including phenoxy) is 1. The molecule has 0 aromatic heterocycles. The third-order valence-electron chi connectivity index (χ3n) is 3.14. The first-order valence-electron chi connectivity index (χ1n) is 7.11. The molecule has 0 spiro atoms. The molecule has 0 radical (unpaired) electrons. The maximum atomic E-state index is 5.54. The molecule has 2 nitrogen and oxygen atoms in total. The highest BCUT2D eigenvalue weighted by Gasteiger charge is 2.03. The average Bonchev–Trinajstić information content (AvgIpc) is 2.38. The van der Waals surface area contributed by atoms with Crippen LogP contribution in [-0.2, 0) is 4.74 Å². The molecule has 0 fully saturated rings. The van der Waals surface area contributed by atoms with Crippen molar-refractivity contribution in [1.29, 1.82) is 0 Å². The van der Waals surface area contributed by atoms with Crippen LogP contribution in [-0.4, -0.2) is 19.8 Å². The van der Waals surface area contributed by atoms with E-state index in [1.807, 2.05) is 0 Å². The van der Waals surface area contributed by atoms with Gasteiger partial charge in [-0.1, -0.05) is 43.2 Å². The standard InChI is InChI=1S/C16H27NO/c1-4-5-12-18-13-6-11-17-15(3)16-9-7-14(2)8-10-16/h7-10,15,17H,4-6,11-13H2,1-3H3. The molecule has 2 heteroatoms. The maximum absolute atomic E-state index is 5.54. The molecule has 1 aromatic rings. The number of nitrogens with one attached hydrogen (secondary N) is 1. The summed E-state index contributed by atoms with van der Waals surface area (Å²) < 4.78 is 5.54. The summed E-state index contributed by atoms with van der Waals surface area (Å²) in [6.07, 6.45) is 3.47. The summed E-state index contributed by atoms with van der Waals surface area (Å²) in [6.45, 7) is 9.31. The summed E-state index contributed by atoms with van der Waals surface area (Å²) >= 11 is 0. The molecule has 1 N–H and O–H groups in total. The summed E-state index contributed by atoms with van der Waals surface area (Å²) in [5.74, 6) is 0. The molecular weight excluding hydrogens is 222 g/mol. The fourth-order valence-corrected chi connectivity index (χ4v) is 1.81. The predicted molar refractivity (Wildman–Crippen MR) is 77.9 cm³/mol. The Morgan fingerprint density at radius 2 is 1.78 bits per heavy atom. The van der Waals surface area contributed by atoms with Crippen molar-refractivity contribution in [2.45, 2.75) is 46.1 Å². The van der Waals surface area contributed by atoms with Gasteiger partial charge in [-0.05, 0) is 38.8 Å². The Bertz CT molecular complexity index is 307. The van der Waals surface area contributed by atoms with Crippen LogP contribution in [0.2, 0.25) is 0 Å². The molecule has 1 unspecified atom stereocenters. The van der Waals surface area contributed by atoms with Crippen LogP contribution in [0.5, 0.6) is 0 Å². The Hall–Kier alpha value is -0.860. The number of aryl methyl sites for hydroxylation is 1. The summed E-state index contributed by atoms with van der Waals surface area (Å²) in [5.41, 5.74) is 2.67. The zero-order chi connectivity index (χ0) is 13.2. The average molecular weight is 249 g/mol. The lowest BCUT2D eigenvalue weighted by atomic mass is 10.1. The fourth-order valence-electron chi connectivity index (χ4n) is 1.81. The van der Waals surface area contributed by atoms with Crippen LogP contribution in [0.15, 0.2) is 24.3 Å². The molecule has 1 rings (SSSR count). The van der Waals surface area contributed by atoms with Crippen LogP contribution >= 0.6 is 0 Å². The van der Waals surface area contributed by atoms with Gasteiger partial charge in [0.1, 0.15) is 0 Å². The minimum absolute atomic E-state index is 0.418. The number of unbranched alkanes of at least 4 members (excludes halogenated alkanes) is 1. The number of hydrogen-bond donors (Lipinski definition) is 1. The highest BCUT2D eigenvalue weighted by atomic mass is 16.5. The SMILES string of the molecule is CCCCOCCCNC(C)c1ccc(C)cc1. The van der Waals surface area contributed by atoms with Gasteiger partial charge in [0.2, 0.25) is 0 Å². The second-order valence-electron chi connectivity index (χ2n) is 4.91. The van der Waals surface area contributed by atoms with E-state index in [1.54, 1.807) is 0 Å². The highest BCUT2D eigenvalue weighted by Crippen LogP contribution is 2.12. The summed E-state index contributed by atoms with van der Waals surface area (Å²) in [7, 11) is 0. The van der Waals surface area contributed by atoms with Crippen molar-refractivity contribution in [1.82, 2.24) is 5.32 Å². The third-order valence-corrected chi connectivity index (χ3v) is 3.14. The van der Waals surface area contributed by atoms with E-state index < -0.39 is 0 Å². The van der Waals surface area contributed by atoms with Crippen molar-refractivity contribution in [3.8, 4) is 0 Å². The van der Waals surface area contributed by atoms with E-state index in [9.17, 15) is 0 Å². The Morgan fingerprint density at radius 1 is 1.11 bits per heavy atom. The smallest absolute Gasteiger partial charge is 0.0478 e. The number of benzene rings is 1. The summed E-state index contributed by atoms with van der Waals surface area (Å²) in [6, 6.07) is 9.15. The molecule has 1 atom stereocenters. The van der Waals surface area contributed by atoms with Crippen LogP contribution in [0.25, 0.3) is 0 Å². The van der Waals surface area contributed by atoms with Crippen molar-refractivity contribution < 1.29 is 4.74 Å². The molecule has 0 aliphatic rings. The van der Waals surface area contributed by atoms with E-state index in [0.29, 0.717) is 6.04 Å². The molecule has 0 aliphatic heterocycles.